The monoisotopic (exact) mass is 330 g/mol. The first-order valence-electron chi connectivity index (χ1n) is 8.07. The zero-order valence-corrected chi connectivity index (χ0v) is 13.7. The molecule has 2 heterocycles. The Morgan fingerprint density at radius 3 is 2.38 bits per heavy atom. The van der Waals surface area contributed by atoms with E-state index < -0.39 is 11.8 Å². The van der Waals surface area contributed by atoms with Crippen molar-refractivity contribution >= 4 is 23.2 Å². The lowest BCUT2D eigenvalue weighted by Gasteiger charge is -2.34. The van der Waals surface area contributed by atoms with Crippen LogP contribution in [-0.2, 0) is 9.59 Å². The number of amides is 2. The highest BCUT2D eigenvalue weighted by Gasteiger charge is 2.30. The summed E-state index contributed by atoms with van der Waals surface area (Å²) in [4.78, 5) is 29.5. The number of likely N-dealkylation sites (N-methyl/N-ethyl adjacent to an activating group) is 1. The Kier molecular flexibility index (Phi) is 4.82. The summed E-state index contributed by atoms with van der Waals surface area (Å²) in [6, 6.07) is 7.84. The van der Waals surface area contributed by atoms with Crippen LogP contribution in [0.15, 0.2) is 36.0 Å². The summed E-state index contributed by atoms with van der Waals surface area (Å²) in [6.45, 7) is 3.86. The Balaban J connectivity index is 1.63. The van der Waals surface area contributed by atoms with E-state index in [1.165, 1.54) is 6.08 Å². The van der Waals surface area contributed by atoms with E-state index in [1.54, 1.807) is 0 Å². The van der Waals surface area contributed by atoms with Crippen LogP contribution < -0.4 is 10.2 Å². The molecular weight excluding hydrogens is 308 g/mol. The second-order valence-electron chi connectivity index (χ2n) is 6.04. The van der Waals surface area contributed by atoms with E-state index in [-0.39, 0.29) is 18.8 Å². The van der Waals surface area contributed by atoms with E-state index in [1.807, 2.05) is 24.3 Å². The molecule has 0 aromatic heterocycles. The number of piperazine rings is 1. The highest BCUT2D eigenvalue weighted by atomic mass is 16.3. The summed E-state index contributed by atoms with van der Waals surface area (Å²) >= 11 is 0. The number of hydrogen-bond donors (Lipinski definition) is 2. The molecule has 0 aliphatic carbocycles. The molecule has 7 nitrogen and oxygen atoms in total. The Morgan fingerprint density at radius 2 is 1.75 bits per heavy atom. The Hall–Kier alpha value is -2.38. The molecule has 0 saturated carbocycles. The SMILES string of the molecule is CN1CCN(c2ccc(NC3=CC(=O)N(CCO)C3=O)cc2)CC1. The van der Waals surface area contributed by atoms with E-state index >= 15 is 0 Å². The fourth-order valence-electron chi connectivity index (χ4n) is 2.89. The Morgan fingerprint density at radius 1 is 1.08 bits per heavy atom. The molecule has 2 amide bonds. The molecule has 7 heteroatoms. The summed E-state index contributed by atoms with van der Waals surface area (Å²) < 4.78 is 0. The van der Waals surface area contributed by atoms with Gasteiger partial charge in [-0.2, -0.15) is 0 Å². The van der Waals surface area contributed by atoms with Crippen molar-refractivity contribution in [3.8, 4) is 0 Å². The number of nitrogens with zero attached hydrogens (tertiary/aromatic N) is 3. The van der Waals surface area contributed by atoms with Crippen LogP contribution >= 0.6 is 0 Å². The van der Waals surface area contributed by atoms with Crippen molar-refractivity contribution in [2.45, 2.75) is 0 Å². The van der Waals surface area contributed by atoms with Gasteiger partial charge in [0.15, 0.2) is 0 Å². The summed E-state index contributed by atoms with van der Waals surface area (Å²) in [5, 5.41) is 11.9. The number of nitrogens with one attached hydrogen (secondary N) is 1. The summed E-state index contributed by atoms with van der Waals surface area (Å²) in [7, 11) is 2.12. The average molecular weight is 330 g/mol. The molecule has 2 N–H and O–H groups in total. The van der Waals surface area contributed by atoms with Crippen LogP contribution in [-0.4, -0.2) is 73.1 Å². The number of carbonyl (C=O) groups excluding carboxylic acids is 2. The van der Waals surface area contributed by atoms with Crippen molar-refractivity contribution < 1.29 is 14.7 Å². The van der Waals surface area contributed by atoms with Gasteiger partial charge < -0.3 is 20.2 Å². The van der Waals surface area contributed by atoms with Gasteiger partial charge >= 0.3 is 0 Å². The first-order chi connectivity index (χ1) is 11.6. The van der Waals surface area contributed by atoms with E-state index in [4.69, 9.17) is 5.11 Å². The summed E-state index contributed by atoms with van der Waals surface area (Å²) in [5.41, 5.74) is 2.14. The third-order valence-corrected chi connectivity index (χ3v) is 4.35. The number of aliphatic hydroxyl groups is 1. The number of hydrogen-bond acceptors (Lipinski definition) is 6. The third kappa shape index (κ3) is 3.42. The maximum absolute atomic E-state index is 12.1. The lowest BCUT2D eigenvalue weighted by atomic mass is 10.2. The number of aliphatic hydroxyl groups excluding tert-OH is 1. The van der Waals surface area contributed by atoms with Gasteiger partial charge in [-0.25, -0.2) is 0 Å². The van der Waals surface area contributed by atoms with E-state index in [0.717, 1.165) is 42.5 Å². The van der Waals surface area contributed by atoms with Gasteiger partial charge in [-0.15, -0.1) is 0 Å². The van der Waals surface area contributed by atoms with Gasteiger partial charge in [-0.05, 0) is 31.3 Å². The van der Waals surface area contributed by atoms with Gasteiger partial charge in [-0.3, -0.25) is 14.5 Å². The van der Waals surface area contributed by atoms with Crippen LogP contribution in [0.1, 0.15) is 0 Å². The second-order valence-corrected chi connectivity index (χ2v) is 6.04. The molecular formula is C17H22N4O3. The maximum Gasteiger partial charge on any atom is 0.277 e. The first kappa shape index (κ1) is 16.5. The highest BCUT2D eigenvalue weighted by Crippen LogP contribution is 2.22. The lowest BCUT2D eigenvalue weighted by Crippen LogP contribution is -2.44. The Bertz CT molecular complexity index is 648. The molecule has 0 bridgehead atoms. The van der Waals surface area contributed by atoms with Gasteiger partial charge in [0, 0.05) is 43.6 Å². The van der Waals surface area contributed by atoms with Crippen LogP contribution in [0.5, 0.6) is 0 Å². The predicted molar refractivity (Wildman–Crippen MR) is 91.7 cm³/mol. The third-order valence-electron chi connectivity index (χ3n) is 4.35. The van der Waals surface area contributed by atoms with Crippen molar-refractivity contribution in [1.82, 2.24) is 9.80 Å². The van der Waals surface area contributed by atoms with Crippen LogP contribution in [0.2, 0.25) is 0 Å². The largest absolute Gasteiger partial charge is 0.395 e. The van der Waals surface area contributed by atoms with Gasteiger partial charge in [0.2, 0.25) is 0 Å². The molecule has 128 valence electrons. The van der Waals surface area contributed by atoms with E-state index in [2.05, 4.69) is 22.2 Å². The van der Waals surface area contributed by atoms with Crippen molar-refractivity contribution in [1.29, 1.82) is 0 Å². The number of imide groups is 1. The number of carbonyl (C=O) groups is 2. The minimum absolute atomic E-state index is 0.0156. The number of anilines is 2. The van der Waals surface area contributed by atoms with Crippen molar-refractivity contribution in [3.63, 3.8) is 0 Å². The zero-order chi connectivity index (χ0) is 17.1. The molecule has 1 aromatic carbocycles. The summed E-state index contributed by atoms with van der Waals surface area (Å²) in [6.07, 6.45) is 1.27. The fraction of sp³-hybridized carbons (Fsp3) is 0.412. The molecule has 0 spiro atoms. The molecule has 0 radical (unpaired) electrons. The Labute approximate surface area is 141 Å². The zero-order valence-electron chi connectivity index (χ0n) is 13.7. The number of benzene rings is 1. The van der Waals surface area contributed by atoms with E-state index in [9.17, 15) is 9.59 Å². The van der Waals surface area contributed by atoms with Crippen LogP contribution in [0, 0.1) is 0 Å². The lowest BCUT2D eigenvalue weighted by molar-refractivity contribution is -0.137. The quantitative estimate of drug-likeness (QED) is 0.746. The fourth-order valence-corrected chi connectivity index (χ4v) is 2.89. The predicted octanol–water partition coefficient (Wildman–Crippen LogP) is 0.0953. The van der Waals surface area contributed by atoms with Gasteiger partial charge in [0.25, 0.3) is 11.8 Å². The molecule has 2 aliphatic heterocycles. The van der Waals surface area contributed by atoms with Crippen LogP contribution in [0.4, 0.5) is 11.4 Å². The first-order valence-corrected chi connectivity index (χ1v) is 8.07. The topological polar surface area (TPSA) is 76.1 Å². The highest BCUT2D eigenvalue weighted by molar-refractivity contribution is 6.17. The van der Waals surface area contributed by atoms with Gasteiger partial charge in [0.05, 0.1) is 13.2 Å². The summed E-state index contributed by atoms with van der Waals surface area (Å²) in [5.74, 6) is -0.803. The van der Waals surface area contributed by atoms with Crippen molar-refractivity contribution in [2.75, 3.05) is 56.6 Å². The van der Waals surface area contributed by atoms with Crippen LogP contribution in [0.3, 0.4) is 0 Å². The molecule has 0 unspecified atom stereocenters. The average Bonchev–Trinajstić information content (AvgIpc) is 2.84. The minimum atomic E-state index is -0.405. The van der Waals surface area contributed by atoms with Crippen LogP contribution in [0.25, 0.3) is 0 Å². The molecule has 1 aromatic rings. The standard InChI is InChI=1S/C17H22N4O3/c1-19-6-8-20(9-7-19)14-4-2-13(3-5-14)18-15-12-16(23)21(10-11-22)17(15)24/h2-5,12,18,22H,6-11H2,1H3. The maximum atomic E-state index is 12.1. The number of rotatable bonds is 5. The normalized spacial score (nSPS) is 19.0. The molecule has 3 rings (SSSR count). The molecule has 2 aliphatic rings. The van der Waals surface area contributed by atoms with Crippen molar-refractivity contribution in [2.24, 2.45) is 0 Å². The molecule has 24 heavy (non-hydrogen) atoms. The smallest absolute Gasteiger partial charge is 0.277 e. The van der Waals surface area contributed by atoms with Crippen molar-refractivity contribution in [3.05, 3.63) is 36.0 Å². The number of β-amino-alcohol motifs (C(OH)–C–C–N with tert-alkyl or cyclic N) is 1. The van der Waals surface area contributed by atoms with Gasteiger partial charge in [0.1, 0.15) is 5.70 Å². The molecule has 1 fully saturated rings. The molecule has 0 atom stereocenters. The van der Waals surface area contributed by atoms with Gasteiger partial charge in [-0.1, -0.05) is 0 Å². The molecule has 1 saturated heterocycles. The minimum Gasteiger partial charge on any atom is -0.395 e. The van der Waals surface area contributed by atoms with E-state index in [0.29, 0.717) is 0 Å². The second kappa shape index (κ2) is 7.02.